The van der Waals surface area contributed by atoms with Gasteiger partial charge in [-0.05, 0) is 5.56 Å². The van der Waals surface area contributed by atoms with Gasteiger partial charge in [0.2, 0.25) is 0 Å². The summed E-state index contributed by atoms with van der Waals surface area (Å²) in [6.07, 6.45) is -6.74. The maximum absolute atomic E-state index is 14.3. The molecule has 0 amide bonds. The third-order valence-electron chi connectivity index (χ3n) is 3.49. The molecule has 1 saturated heterocycles. The number of thioether (sulfide) groups is 1. The van der Waals surface area contributed by atoms with Gasteiger partial charge in [-0.3, -0.25) is 4.28 Å². The molecule has 0 unspecified atom stereocenters. The number of oxime groups is 1. The van der Waals surface area contributed by atoms with Gasteiger partial charge < -0.3 is 24.6 Å². The van der Waals surface area contributed by atoms with Crippen LogP contribution in [0.5, 0.6) is 0 Å². The van der Waals surface area contributed by atoms with E-state index in [0.717, 1.165) is 0 Å². The third-order valence-corrected chi connectivity index (χ3v) is 4.84. The van der Waals surface area contributed by atoms with E-state index in [2.05, 4.69) is 9.44 Å². The van der Waals surface area contributed by atoms with Gasteiger partial charge in [0.05, 0.1) is 6.61 Å². The first-order valence-electron chi connectivity index (χ1n) is 7.39. The molecular weight excluding hydrogens is 393 g/mol. The zero-order valence-electron chi connectivity index (χ0n) is 13.2. The summed E-state index contributed by atoms with van der Waals surface area (Å²) in [6.45, 7) is -0.668. The molecule has 12 heteroatoms. The van der Waals surface area contributed by atoms with Crippen molar-refractivity contribution < 1.29 is 41.7 Å². The summed E-state index contributed by atoms with van der Waals surface area (Å²) in [4.78, 5) is 0. The van der Waals surface area contributed by atoms with Gasteiger partial charge >= 0.3 is 0 Å². The molecule has 0 aromatic heterocycles. The fourth-order valence-corrected chi connectivity index (χ4v) is 3.54. The summed E-state index contributed by atoms with van der Waals surface area (Å²) in [5.41, 5.74) is -0.748. The normalized spacial score (nSPS) is 30.2. The summed E-state index contributed by atoms with van der Waals surface area (Å²) in [5, 5.41) is 31.7. The van der Waals surface area contributed by atoms with Crippen molar-refractivity contribution in [1.29, 1.82) is 0 Å². The summed E-state index contributed by atoms with van der Waals surface area (Å²) in [5.74, 6) is 0. The molecule has 0 saturated carbocycles. The second-order valence-electron chi connectivity index (χ2n) is 5.40. The molecule has 1 aliphatic rings. The highest BCUT2D eigenvalue weighted by Crippen LogP contribution is 2.32. The highest BCUT2D eigenvalue weighted by atomic mass is 32.3. The maximum Gasteiger partial charge on any atom is 0.284 e. The zero-order chi connectivity index (χ0) is 19.3. The molecule has 1 aliphatic heterocycles. The average molecular weight is 410 g/mol. The van der Waals surface area contributed by atoms with Gasteiger partial charge in [0, 0.05) is 6.42 Å². The Morgan fingerprint density at radius 2 is 1.96 bits per heavy atom. The second-order valence-corrected chi connectivity index (χ2v) is 7.54. The van der Waals surface area contributed by atoms with Gasteiger partial charge in [-0.2, -0.15) is 8.42 Å². The zero-order valence-corrected chi connectivity index (χ0v) is 14.8. The quantitative estimate of drug-likeness (QED) is 0.186. The predicted molar refractivity (Wildman–Crippen MR) is 88.6 cm³/mol. The molecule has 5 atom stereocenters. The largest absolute Gasteiger partial charge is 0.714 e. The van der Waals surface area contributed by atoms with Crippen molar-refractivity contribution in [3.63, 3.8) is 0 Å². The molecule has 9 nitrogen and oxygen atoms in total. The number of alkyl halides is 1. The predicted octanol–water partition coefficient (Wildman–Crippen LogP) is -0.470. The standard InChI is InChI=1S/C14H18FNO8S2/c15-11-13(19)12(18)9(7-17)23-14(11)25-10(16-24-26(20,21)22)6-8-4-2-1-3-5-8/h1-5,9,11-14,17-19H,6-7H2,(H,20,21,22)/p-1/t9-,11-,12-,13-,14-/m0/s1. The van der Waals surface area contributed by atoms with Crippen LogP contribution in [0.25, 0.3) is 0 Å². The average Bonchev–Trinajstić information content (AvgIpc) is 2.60. The maximum atomic E-state index is 14.3. The molecule has 0 radical (unpaired) electrons. The SMILES string of the molecule is O=S(=O)([O-])ON=C(Cc1ccccc1)S[C@@H]1O[C@@H](CO)[C@H](O)[C@@H](O)[C@@H]1F. The first-order valence-corrected chi connectivity index (χ1v) is 9.61. The van der Waals surface area contributed by atoms with Crippen LogP contribution < -0.4 is 0 Å². The van der Waals surface area contributed by atoms with Gasteiger partial charge in [0.15, 0.2) is 6.17 Å². The van der Waals surface area contributed by atoms with Gasteiger partial charge in [0.25, 0.3) is 10.4 Å². The number of nitrogens with zero attached hydrogens (tertiary/aromatic N) is 1. The molecule has 1 heterocycles. The monoisotopic (exact) mass is 410 g/mol. The fraction of sp³-hybridized carbons (Fsp3) is 0.500. The van der Waals surface area contributed by atoms with E-state index >= 15 is 0 Å². The van der Waals surface area contributed by atoms with E-state index < -0.39 is 46.9 Å². The summed E-state index contributed by atoms with van der Waals surface area (Å²) in [6, 6.07) is 8.54. The first kappa shape index (κ1) is 21.0. The van der Waals surface area contributed by atoms with Crippen LogP contribution in [-0.2, 0) is 25.8 Å². The van der Waals surface area contributed by atoms with Crippen molar-refractivity contribution in [2.75, 3.05) is 6.61 Å². The molecule has 0 aliphatic carbocycles. The van der Waals surface area contributed by atoms with Crippen LogP contribution in [0.4, 0.5) is 4.39 Å². The van der Waals surface area contributed by atoms with Crippen LogP contribution in [0.3, 0.4) is 0 Å². The lowest BCUT2D eigenvalue weighted by atomic mass is 10.0. The van der Waals surface area contributed by atoms with E-state index in [9.17, 15) is 27.6 Å². The second kappa shape index (κ2) is 9.08. The fourth-order valence-electron chi connectivity index (χ4n) is 2.23. The number of hydrogen-bond donors (Lipinski definition) is 3. The number of ether oxygens (including phenoxy) is 1. The Hall–Kier alpha value is -1.28. The van der Waals surface area contributed by atoms with Crippen molar-refractivity contribution in [3.05, 3.63) is 35.9 Å². The molecule has 26 heavy (non-hydrogen) atoms. The lowest BCUT2D eigenvalue weighted by molar-refractivity contribution is -0.188. The Morgan fingerprint density at radius 3 is 2.54 bits per heavy atom. The van der Waals surface area contributed by atoms with E-state index in [-0.39, 0.29) is 11.5 Å². The number of hydrogen-bond acceptors (Lipinski definition) is 10. The Bertz CT molecular complexity index is 715. The number of aliphatic hydroxyl groups is 3. The Balaban J connectivity index is 2.19. The van der Waals surface area contributed by atoms with E-state index in [0.29, 0.717) is 17.3 Å². The van der Waals surface area contributed by atoms with Crippen LogP contribution in [0.15, 0.2) is 35.5 Å². The highest BCUT2D eigenvalue weighted by Gasteiger charge is 2.45. The topological polar surface area (TPSA) is 149 Å². The van der Waals surface area contributed by atoms with E-state index in [1.165, 1.54) is 0 Å². The number of rotatable bonds is 6. The lowest BCUT2D eigenvalue weighted by Gasteiger charge is -2.38. The molecule has 0 spiro atoms. The Kier molecular flexibility index (Phi) is 7.34. The number of halogens is 1. The molecule has 146 valence electrons. The van der Waals surface area contributed by atoms with Crippen molar-refractivity contribution >= 4 is 27.2 Å². The Labute approximate surface area is 153 Å². The summed E-state index contributed by atoms with van der Waals surface area (Å²) in [7, 11) is -5.12. The Morgan fingerprint density at radius 1 is 1.31 bits per heavy atom. The first-order chi connectivity index (χ1) is 12.2. The van der Waals surface area contributed by atoms with Gasteiger partial charge in [-0.1, -0.05) is 47.2 Å². The van der Waals surface area contributed by atoms with E-state index in [1.54, 1.807) is 30.3 Å². The number of benzene rings is 1. The highest BCUT2D eigenvalue weighted by molar-refractivity contribution is 8.14. The smallest absolute Gasteiger partial charge is 0.284 e. The van der Waals surface area contributed by atoms with Crippen LogP contribution in [-0.4, -0.2) is 69.9 Å². The molecule has 1 aromatic rings. The van der Waals surface area contributed by atoms with Gasteiger partial charge in [-0.15, -0.1) is 0 Å². The van der Waals surface area contributed by atoms with Crippen LogP contribution in [0.1, 0.15) is 5.56 Å². The summed E-state index contributed by atoms with van der Waals surface area (Å²) < 4.78 is 55.2. The van der Waals surface area contributed by atoms with Gasteiger partial charge in [0.1, 0.15) is 28.8 Å². The van der Waals surface area contributed by atoms with Gasteiger partial charge in [-0.25, -0.2) is 4.39 Å². The van der Waals surface area contributed by atoms with Crippen molar-refractivity contribution in [2.45, 2.75) is 36.3 Å². The van der Waals surface area contributed by atoms with Crippen molar-refractivity contribution in [1.82, 2.24) is 0 Å². The third kappa shape index (κ3) is 5.87. The lowest BCUT2D eigenvalue weighted by Crippen LogP contribution is -2.56. The molecule has 1 fully saturated rings. The number of aliphatic hydroxyl groups excluding tert-OH is 3. The molecular formula is C14H17FNO8S2-. The molecule has 1 aromatic carbocycles. The molecule has 0 bridgehead atoms. The minimum atomic E-state index is -5.12. The molecule has 2 rings (SSSR count). The summed E-state index contributed by atoms with van der Waals surface area (Å²) >= 11 is 0.576. The van der Waals surface area contributed by atoms with Crippen molar-refractivity contribution in [2.24, 2.45) is 5.16 Å². The van der Waals surface area contributed by atoms with Crippen molar-refractivity contribution in [3.8, 4) is 0 Å². The van der Waals surface area contributed by atoms with Crippen LogP contribution in [0.2, 0.25) is 0 Å². The van der Waals surface area contributed by atoms with Crippen LogP contribution >= 0.6 is 11.8 Å². The van der Waals surface area contributed by atoms with E-state index in [4.69, 9.17) is 9.84 Å². The van der Waals surface area contributed by atoms with E-state index in [1.807, 2.05) is 0 Å². The minimum absolute atomic E-state index is 0.00392. The van der Waals surface area contributed by atoms with Crippen LogP contribution in [0, 0.1) is 0 Å². The minimum Gasteiger partial charge on any atom is -0.714 e. The molecule has 3 N–H and O–H groups in total.